The van der Waals surface area contributed by atoms with Crippen molar-refractivity contribution in [2.24, 2.45) is 0 Å². The zero-order chi connectivity index (χ0) is 20.5. The Labute approximate surface area is 178 Å². The molecule has 0 fully saturated rings. The molecule has 7 heteroatoms. The van der Waals surface area contributed by atoms with Gasteiger partial charge in [0.2, 0.25) is 5.16 Å². The third-order valence-electron chi connectivity index (χ3n) is 4.90. The summed E-state index contributed by atoms with van der Waals surface area (Å²) < 4.78 is 15.0. The van der Waals surface area contributed by atoms with E-state index in [2.05, 4.69) is 46.3 Å². The van der Waals surface area contributed by atoms with E-state index in [9.17, 15) is 4.39 Å². The van der Waals surface area contributed by atoms with Crippen LogP contribution in [-0.2, 0) is 12.2 Å². The minimum Gasteiger partial charge on any atom is -0.216 e. The summed E-state index contributed by atoms with van der Waals surface area (Å²) in [6.07, 6.45) is 0.800. The highest BCUT2D eigenvalue weighted by Gasteiger charge is 2.15. The number of thioether (sulfide) groups is 1. The van der Waals surface area contributed by atoms with Gasteiger partial charge in [-0.15, -0.1) is 5.10 Å². The van der Waals surface area contributed by atoms with Crippen molar-refractivity contribution in [2.75, 3.05) is 0 Å². The lowest BCUT2D eigenvalue weighted by atomic mass is 10.0. The first-order valence-corrected chi connectivity index (χ1v) is 10.6. The van der Waals surface area contributed by atoms with Gasteiger partial charge in [0.25, 0.3) is 5.78 Å². The van der Waals surface area contributed by atoms with Crippen molar-refractivity contribution >= 4 is 29.1 Å². The summed E-state index contributed by atoms with van der Waals surface area (Å²) in [5, 5.41) is 5.65. The van der Waals surface area contributed by atoms with Gasteiger partial charge in [0.15, 0.2) is 0 Å². The van der Waals surface area contributed by atoms with E-state index in [1.807, 2.05) is 13.8 Å². The van der Waals surface area contributed by atoms with Crippen LogP contribution in [0.2, 0.25) is 5.02 Å². The van der Waals surface area contributed by atoms with Gasteiger partial charge in [-0.05, 0) is 49.6 Å². The summed E-state index contributed by atoms with van der Waals surface area (Å²) in [4.78, 5) is 9.20. The Morgan fingerprint density at radius 3 is 2.52 bits per heavy atom. The molecule has 0 aliphatic carbocycles. The molecule has 4 aromatic rings. The first-order chi connectivity index (χ1) is 13.9. The summed E-state index contributed by atoms with van der Waals surface area (Å²) in [7, 11) is 0. The van der Waals surface area contributed by atoms with Crippen molar-refractivity contribution in [2.45, 2.75) is 38.1 Å². The van der Waals surface area contributed by atoms with Gasteiger partial charge in [0, 0.05) is 28.6 Å². The molecule has 0 aliphatic rings. The summed E-state index contributed by atoms with van der Waals surface area (Å²) in [5.74, 6) is 0.802. The molecule has 0 N–H and O–H groups in total. The van der Waals surface area contributed by atoms with Crippen LogP contribution in [0.25, 0.3) is 5.78 Å². The summed E-state index contributed by atoms with van der Waals surface area (Å²) >= 11 is 7.57. The molecule has 29 heavy (non-hydrogen) atoms. The van der Waals surface area contributed by atoms with Crippen molar-refractivity contribution in [3.05, 3.63) is 86.9 Å². The molecule has 0 aliphatic heterocycles. The number of rotatable bonds is 5. The standard InChI is InChI=1S/C22H20ClFN4S/c1-13-4-6-16(7-5-13)10-19-14(2)25-21-26-22(27-28(21)15(19)3)29-12-17-8-9-18(24)11-20(17)23/h4-9,11H,10,12H2,1-3H3. The highest BCUT2D eigenvalue weighted by atomic mass is 35.5. The average molecular weight is 427 g/mol. The van der Waals surface area contributed by atoms with E-state index >= 15 is 0 Å². The summed E-state index contributed by atoms with van der Waals surface area (Å²) in [6, 6.07) is 13.0. The third kappa shape index (κ3) is 4.28. The van der Waals surface area contributed by atoms with E-state index in [1.54, 1.807) is 10.6 Å². The zero-order valence-corrected chi connectivity index (χ0v) is 18.0. The van der Waals surface area contributed by atoms with E-state index in [0.29, 0.717) is 21.7 Å². The van der Waals surface area contributed by atoms with Crippen molar-refractivity contribution in [3.8, 4) is 0 Å². The van der Waals surface area contributed by atoms with Gasteiger partial charge in [0.05, 0.1) is 0 Å². The number of fused-ring (bicyclic) bond motifs is 1. The van der Waals surface area contributed by atoms with Crippen molar-refractivity contribution in [1.29, 1.82) is 0 Å². The molecule has 0 spiro atoms. The topological polar surface area (TPSA) is 43.1 Å². The molecular weight excluding hydrogens is 407 g/mol. The summed E-state index contributed by atoms with van der Waals surface area (Å²) in [6.45, 7) is 6.14. The van der Waals surface area contributed by atoms with Crippen LogP contribution >= 0.6 is 23.4 Å². The Hall–Kier alpha value is -2.44. The van der Waals surface area contributed by atoms with E-state index in [0.717, 1.165) is 28.9 Å². The third-order valence-corrected chi connectivity index (χ3v) is 6.14. The molecule has 0 unspecified atom stereocenters. The molecule has 0 atom stereocenters. The van der Waals surface area contributed by atoms with Gasteiger partial charge in [-0.25, -0.2) is 13.9 Å². The normalized spacial score (nSPS) is 11.3. The monoisotopic (exact) mass is 426 g/mol. The second-order valence-electron chi connectivity index (χ2n) is 7.05. The van der Waals surface area contributed by atoms with E-state index in [-0.39, 0.29) is 5.82 Å². The second-order valence-corrected chi connectivity index (χ2v) is 8.40. The van der Waals surface area contributed by atoms with Gasteiger partial charge in [0.1, 0.15) is 5.82 Å². The summed E-state index contributed by atoms with van der Waals surface area (Å²) in [5.41, 5.74) is 6.48. The largest absolute Gasteiger partial charge is 0.253 e. The second kappa shape index (κ2) is 8.13. The number of aryl methyl sites for hydroxylation is 3. The number of hydrogen-bond donors (Lipinski definition) is 0. The van der Waals surface area contributed by atoms with Gasteiger partial charge in [-0.2, -0.15) is 4.98 Å². The van der Waals surface area contributed by atoms with Crippen molar-refractivity contribution < 1.29 is 4.39 Å². The average Bonchev–Trinajstić information content (AvgIpc) is 3.09. The lowest BCUT2D eigenvalue weighted by molar-refractivity contribution is 0.627. The van der Waals surface area contributed by atoms with Crippen LogP contribution in [-0.4, -0.2) is 19.6 Å². The molecule has 0 amide bonds. The molecule has 4 rings (SSSR count). The fraction of sp³-hybridized carbons (Fsp3) is 0.227. The zero-order valence-electron chi connectivity index (χ0n) is 16.4. The predicted octanol–water partition coefficient (Wildman–Crippen LogP) is 5.73. The Morgan fingerprint density at radius 2 is 1.79 bits per heavy atom. The molecular formula is C22H20ClFN4S. The van der Waals surface area contributed by atoms with E-state index in [1.165, 1.54) is 35.0 Å². The molecule has 2 aromatic carbocycles. The Morgan fingerprint density at radius 1 is 1.03 bits per heavy atom. The van der Waals surface area contributed by atoms with Crippen LogP contribution in [0.15, 0.2) is 47.6 Å². The highest BCUT2D eigenvalue weighted by Crippen LogP contribution is 2.26. The minimum absolute atomic E-state index is 0.342. The van der Waals surface area contributed by atoms with Crippen molar-refractivity contribution in [1.82, 2.24) is 19.6 Å². The fourth-order valence-electron chi connectivity index (χ4n) is 3.20. The SMILES string of the molecule is Cc1ccc(Cc2c(C)nc3nc(SCc4ccc(F)cc4Cl)nn3c2C)cc1. The van der Waals surface area contributed by atoms with Gasteiger partial charge < -0.3 is 0 Å². The van der Waals surface area contributed by atoms with Gasteiger partial charge in [-0.1, -0.05) is 59.3 Å². The number of aromatic nitrogens is 4. The molecule has 2 aromatic heterocycles. The molecule has 0 saturated heterocycles. The van der Waals surface area contributed by atoms with E-state index in [4.69, 9.17) is 11.6 Å². The quantitative estimate of drug-likeness (QED) is 0.382. The Bertz CT molecular complexity index is 1190. The van der Waals surface area contributed by atoms with Gasteiger partial charge >= 0.3 is 0 Å². The number of nitrogens with zero attached hydrogens (tertiary/aromatic N) is 4. The number of halogens is 2. The maximum Gasteiger partial charge on any atom is 0.253 e. The molecule has 0 saturated carbocycles. The number of hydrogen-bond acceptors (Lipinski definition) is 4. The number of benzene rings is 2. The Kier molecular flexibility index (Phi) is 5.56. The Balaban J connectivity index is 1.60. The van der Waals surface area contributed by atoms with Crippen LogP contribution in [0.1, 0.15) is 33.6 Å². The molecule has 0 bridgehead atoms. The van der Waals surface area contributed by atoms with Crippen LogP contribution < -0.4 is 0 Å². The minimum atomic E-state index is -0.342. The van der Waals surface area contributed by atoms with Crippen LogP contribution in [0.3, 0.4) is 0 Å². The molecule has 4 nitrogen and oxygen atoms in total. The predicted molar refractivity (Wildman–Crippen MR) is 115 cm³/mol. The van der Waals surface area contributed by atoms with Crippen LogP contribution in [0.4, 0.5) is 4.39 Å². The molecule has 0 radical (unpaired) electrons. The lowest BCUT2D eigenvalue weighted by Crippen LogP contribution is -2.06. The highest BCUT2D eigenvalue weighted by molar-refractivity contribution is 7.98. The fourth-order valence-corrected chi connectivity index (χ4v) is 4.33. The smallest absolute Gasteiger partial charge is 0.216 e. The van der Waals surface area contributed by atoms with E-state index < -0.39 is 0 Å². The van der Waals surface area contributed by atoms with Gasteiger partial charge in [-0.3, -0.25) is 0 Å². The first kappa shape index (κ1) is 19.9. The molecule has 2 heterocycles. The maximum absolute atomic E-state index is 13.2. The maximum atomic E-state index is 13.2. The molecule has 148 valence electrons. The lowest BCUT2D eigenvalue weighted by Gasteiger charge is -2.10. The van der Waals surface area contributed by atoms with Crippen LogP contribution in [0.5, 0.6) is 0 Å². The van der Waals surface area contributed by atoms with Crippen LogP contribution in [0, 0.1) is 26.6 Å². The van der Waals surface area contributed by atoms with Crippen molar-refractivity contribution in [3.63, 3.8) is 0 Å². The first-order valence-electron chi connectivity index (χ1n) is 9.26.